The van der Waals surface area contributed by atoms with Crippen LogP contribution in [0, 0.1) is 0 Å². The molecule has 172 valence electrons. The number of hydrogen-bond acceptors (Lipinski definition) is 6. The highest BCUT2D eigenvalue weighted by molar-refractivity contribution is 5.95. The van der Waals surface area contributed by atoms with Crippen LogP contribution >= 0.6 is 0 Å². The Morgan fingerprint density at radius 2 is 1.85 bits per heavy atom. The molecule has 1 N–H and O–H groups in total. The van der Waals surface area contributed by atoms with E-state index in [4.69, 9.17) is 14.2 Å². The van der Waals surface area contributed by atoms with Gasteiger partial charge in [-0.2, -0.15) is 5.10 Å². The van der Waals surface area contributed by atoms with Crippen molar-refractivity contribution in [3.8, 4) is 17.2 Å². The van der Waals surface area contributed by atoms with E-state index in [1.54, 1.807) is 16.8 Å². The van der Waals surface area contributed by atoms with Gasteiger partial charge in [-0.15, -0.1) is 0 Å². The van der Waals surface area contributed by atoms with Crippen molar-refractivity contribution in [1.29, 1.82) is 0 Å². The fourth-order valence-electron chi connectivity index (χ4n) is 3.37. The number of amides is 1. The van der Waals surface area contributed by atoms with E-state index < -0.39 is 18.5 Å². The van der Waals surface area contributed by atoms with E-state index in [9.17, 15) is 9.59 Å². The van der Waals surface area contributed by atoms with Gasteiger partial charge in [0.1, 0.15) is 5.82 Å². The average Bonchev–Trinajstić information content (AvgIpc) is 3.58. The molecule has 0 aliphatic heterocycles. The quantitative estimate of drug-likeness (QED) is 0.489. The van der Waals surface area contributed by atoms with Crippen LogP contribution in [0.15, 0.2) is 54.6 Å². The van der Waals surface area contributed by atoms with E-state index in [1.807, 2.05) is 50.2 Å². The number of hydrogen-bond donors (Lipinski definition) is 1. The standard InChI is InChI=1S/C25H27N3O5/c1-16(2)33-21-12-11-18(13-22(21)31-3)25(30)32-15-24(29)26-23-14-20(17-9-10-17)27-28(23)19-7-5-4-6-8-19/h4-8,11-14,16-17H,9-10,15H2,1-3H3,(H,26,29). The molecule has 33 heavy (non-hydrogen) atoms. The maximum Gasteiger partial charge on any atom is 0.338 e. The lowest BCUT2D eigenvalue weighted by Crippen LogP contribution is -2.22. The number of carbonyl (C=O) groups is 2. The summed E-state index contributed by atoms with van der Waals surface area (Å²) in [5.74, 6) is 0.843. The van der Waals surface area contributed by atoms with Gasteiger partial charge in [0.2, 0.25) is 0 Å². The van der Waals surface area contributed by atoms with Gasteiger partial charge in [-0.3, -0.25) is 4.79 Å². The Morgan fingerprint density at radius 3 is 2.52 bits per heavy atom. The number of ether oxygens (including phenoxy) is 3. The van der Waals surface area contributed by atoms with Crippen LogP contribution < -0.4 is 14.8 Å². The predicted octanol–water partition coefficient (Wildman–Crippen LogP) is 4.34. The number of rotatable bonds is 9. The van der Waals surface area contributed by atoms with Crippen LogP contribution in [0.3, 0.4) is 0 Å². The highest BCUT2D eigenvalue weighted by Gasteiger charge is 2.28. The van der Waals surface area contributed by atoms with Crippen molar-refractivity contribution in [2.24, 2.45) is 0 Å². The van der Waals surface area contributed by atoms with Crippen LogP contribution in [0.5, 0.6) is 11.5 Å². The van der Waals surface area contributed by atoms with Gasteiger partial charge in [0, 0.05) is 12.0 Å². The number of esters is 1. The maximum atomic E-state index is 12.6. The molecule has 0 atom stereocenters. The number of nitrogens with zero attached hydrogens (tertiary/aromatic N) is 2. The van der Waals surface area contributed by atoms with Crippen LogP contribution in [-0.4, -0.2) is 41.5 Å². The molecule has 1 aliphatic carbocycles. The van der Waals surface area contributed by atoms with Gasteiger partial charge in [0.25, 0.3) is 5.91 Å². The zero-order valence-electron chi connectivity index (χ0n) is 18.9. The van der Waals surface area contributed by atoms with Crippen LogP contribution in [0.1, 0.15) is 48.7 Å². The second-order valence-corrected chi connectivity index (χ2v) is 8.13. The Morgan fingerprint density at radius 1 is 1.09 bits per heavy atom. The molecule has 0 unspecified atom stereocenters. The van der Waals surface area contributed by atoms with Gasteiger partial charge < -0.3 is 19.5 Å². The zero-order chi connectivity index (χ0) is 23.4. The van der Waals surface area contributed by atoms with Crippen molar-refractivity contribution in [2.75, 3.05) is 19.0 Å². The van der Waals surface area contributed by atoms with Crippen molar-refractivity contribution in [3.63, 3.8) is 0 Å². The molecule has 1 saturated carbocycles. The molecular formula is C25H27N3O5. The van der Waals surface area contributed by atoms with Crippen molar-refractivity contribution < 1.29 is 23.8 Å². The highest BCUT2D eigenvalue weighted by atomic mass is 16.5. The third-order valence-corrected chi connectivity index (χ3v) is 5.09. The van der Waals surface area contributed by atoms with Crippen molar-refractivity contribution in [3.05, 3.63) is 65.9 Å². The van der Waals surface area contributed by atoms with Crippen molar-refractivity contribution in [1.82, 2.24) is 9.78 Å². The number of methoxy groups -OCH3 is 1. The number of carbonyl (C=O) groups excluding carboxylic acids is 2. The molecular weight excluding hydrogens is 422 g/mol. The summed E-state index contributed by atoms with van der Waals surface area (Å²) >= 11 is 0. The third kappa shape index (κ3) is 5.52. The SMILES string of the molecule is COc1cc(C(=O)OCC(=O)Nc2cc(C3CC3)nn2-c2ccccc2)ccc1OC(C)C. The highest BCUT2D eigenvalue weighted by Crippen LogP contribution is 2.40. The third-order valence-electron chi connectivity index (χ3n) is 5.09. The molecule has 1 aromatic heterocycles. The van der Waals surface area contributed by atoms with E-state index in [1.165, 1.54) is 13.2 Å². The molecule has 0 saturated heterocycles. The van der Waals surface area contributed by atoms with Crippen molar-refractivity contribution >= 4 is 17.7 Å². The fraction of sp³-hybridized carbons (Fsp3) is 0.320. The van der Waals surface area contributed by atoms with Crippen LogP contribution in [0.25, 0.3) is 5.69 Å². The second-order valence-electron chi connectivity index (χ2n) is 8.13. The topological polar surface area (TPSA) is 91.7 Å². The predicted molar refractivity (Wildman–Crippen MR) is 123 cm³/mol. The van der Waals surface area contributed by atoms with E-state index >= 15 is 0 Å². The normalized spacial score (nSPS) is 13.0. The monoisotopic (exact) mass is 449 g/mol. The molecule has 3 aromatic rings. The fourth-order valence-corrected chi connectivity index (χ4v) is 3.37. The minimum Gasteiger partial charge on any atom is -0.493 e. The minimum atomic E-state index is -0.630. The Kier molecular flexibility index (Phi) is 6.63. The Bertz CT molecular complexity index is 1140. The lowest BCUT2D eigenvalue weighted by Gasteiger charge is -2.14. The first kappa shape index (κ1) is 22.4. The summed E-state index contributed by atoms with van der Waals surface area (Å²) in [6, 6.07) is 16.2. The zero-order valence-corrected chi connectivity index (χ0v) is 18.9. The minimum absolute atomic E-state index is 0.0369. The lowest BCUT2D eigenvalue weighted by atomic mass is 10.2. The molecule has 1 amide bonds. The summed E-state index contributed by atoms with van der Waals surface area (Å²) < 4.78 is 17.9. The van der Waals surface area contributed by atoms with Crippen LogP contribution in [0.2, 0.25) is 0 Å². The Hall–Kier alpha value is -3.81. The van der Waals surface area contributed by atoms with Gasteiger partial charge in [-0.25, -0.2) is 9.48 Å². The molecule has 1 fully saturated rings. The Balaban J connectivity index is 1.41. The number of anilines is 1. The number of benzene rings is 2. The summed E-state index contributed by atoms with van der Waals surface area (Å²) in [7, 11) is 1.50. The maximum absolute atomic E-state index is 12.6. The van der Waals surface area contributed by atoms with E-state index in [0.29, 0.717) is 23.2 Å². The smallest absolute Gasteiger partial charge is 0.338 e. The second kappa shape index (κ2) is 9.77. The first-order valence-corrected chi connectivity index (χ1v) is 10.9. The van der Waals surface area contributed by atoms with Gasteiger partial charge in [-0.1, -0.05) is 18.2 Å². The number of para-hydroxylation sites is 1. The molecule has 1 aliphatic rings. The molecule has 1 heterocycles. The first-order valence-electron chi connectivity index (χ1n) is 10.9. The van der Waals surface area contributed by atoms with Crippen LogP contribution in [0.4, 0.5) is 5.82 Å². The molecule has 8 nitrogen and oxygen atoms in total. The van der Waals surface area contributed by atoms with Gasteiger partial charge in [-0.05, 0) is 57.0 Å². The molecule has 0 bridgehead atoms. The van der Waals surface area contributed by atoms with Gasteiger partial charge in [0.15, 0.2) is 18.1 Å². The van der Waals surface area contributed by atoms with E-state index in [2.05, 4.69) is 10.4 Å². The molecule has 8 heteroatoms. The molecule has 4 rings (SSSR count). The molecule has 2 aromatic carbocycles. The van der Waals surface area contributed by atoms with Gasteiger partial charge >= 0.3 is 5.97 Å². The van der Waals surface area contributed by atoms with Gasteiger partial charge in [0.05, 0.1) is 30.2 Å². The van der Waals surface area contributed by atoms with Crippen LogP contribution in [-0.2, 0) is 9.53 Å². The number of nitrogens with one attached hydrogen (secondary N) is 1. The summed E-state index contributed by atoms with van der Waals surface area (Å²) in [6.07, 6.45) is 2.16. The first-order chi connectivity index (χ1) is 15.9. The largest absolute Gasteiger partial charge is 0.493 e. The average molecular weight is 450 g/mol. The van der Waals surface area contributed by atoms with E-state index in [-0.39, 0.29) is 11.7 Å². The summed E-state index contributed by atoms with van der Waals surface area (Å²) in [6.45, 7) is 3.37. The Labute approximate surface area is 192 Å². The summed E-state index contributed by atoms with van der Waals surface area (Å²) in [5, 5.41) is 7.47. The molecule has 0 spiro atoms. The van der Waals surface area contributed by atoms with Crippen molar-refractivity contribution in [2.45, 2.75) is 38.7 Å². The van der Waals surface area contributed by atoms with E-state index in [0.717, 1.165) is 24.2 Å². The summed E-state index contributed by atoms with van der Waals surface area (Å²) in [5.41, 5.74) is 2.05. The lowest BCUT2D eigenvalue weighted by molar-refractivity contribution is -0.119. The number of aromatic nitrogens is 2. The molecule has 0 radical (unpaired) electrons. The summed E-state index contributed by atoms with van der Waals surface area (Å²) in [4.78, 5) is 25.0.